The van der Waals surface area contributed by atoms with Gasteiger partial charge in [-0.25, -0.2) is 0 Å². The molecule has 20 heavy (non-hydrogen) atoms. The van der Waals surface area contributed by atoms with Gasteiger partial charge in [0.25, 0.3) is 0 Å². The zero-order valence-electron chi connectivity index (χ0n) is 12.1. The van der Waals surface area contributed by atoms with Crippen LogP contribution in [0.15, 0.2) is 18.2 Å². The zero-order chi connectivity index (χ0) is 15.1. The van der Waals surface area contributed by atoms with Gasteiger partial charge in [-0.2, -0.15) is 0 Å². The number of hydrogen-bond donors (Lipinski definition) is 2. The summed E-state index contributed by atoms with van der Waals surface area (Å²) in [6.07, 6.45) is 0.583. The predicted octanol–water partition coefficient (Wildman–Crippen LogP) is 3.33. The monoisotopic (exact) mass is 299 g/mol. The molecule has 1 aromatic rings. The van der Waals surface area contributed by atoms with Gasteiger partial charge in [0, 0.05) is 17.1 Å². The van der Waals surface area contributed by atoms with E-state index in [-0.39, 0.29) is 0 Å². The van der Waals surface area contributed by atoms with Crippen LogP contribution in [0, 0.1) is 5.92 Å². The summed E-state index contributed by atoms with van der Waals surface area (Å²) in [6.45, 7) is 6.89. The second kappa shape index (κ2) is 8.12. The van der Waals surface area contributed by atoms with Crippen LogP contribution in [-0.4, -0.2) is 23.7 Å². The van der Waals surface area contributed by atoms with Crippen molar-refractivity contribution in [2.45, 2.75) is 39.8 Å². The first-order valence-corrected chi connectivity index (χ1v) is 7.19. The maximum atomic E-state index is 11.2. The molecule has 0 unspecified atom stereocenters. The van der Waals surface area contributed by atoms with Crippen LogP contribution in [-0.2, 0) is 11.3 Å². The van der Waals surface area contributed by atoms with Crippen molar-refractivity contribution in [2.75, 3.05) is 6.61 Å². The van der Waals surface area contributed by atoms with Crippen LogP contribution in [0.2, 0.25) is 5.02 Å². The largest absolute Gasteiger partial charge is 0.494 e. The van der Waals surface area contributed by atoms with E-state index in [0.29, 0.717) is 30.5 Å². The maximum Gasteiger partial charge on any atom is 0.320 e. The van der Waals surface area contributed by atoms with E-state index >= 15 is 0 Å². The second-order valence-electron chi connectivity index (χ2n) is 5.09. The van der Waals surface area contributed by atoms with E-state index in [9.17, 15) is 9.90 Å². The summed E-state index contributed by atoms with van der Waals surface area (Å²) < 4.78 is 5.52. The molecule has 0 bridgehead atoms. The van der Waals surface area contributed by atoms with Crippen molar-refractivity contribution in [1.82, 2.24) is 5.32 Å². The first-order chi connectivity index (χ1) is 9.43. The summed E-state index contributed by atoms with van der Waals surface area (Å²) in [4.78, 5) is 11.2. The Morgan fingerprint density at radius 1 is 1.45 bits per heavy atom. The van der Waals surface area contributed by atoms with Gasteiger partial charge in [0.2, 0.25) is 0 Å². The van der Waals surface area contributed by atoms with Crippen molar-refractivity contribution in [3.05, 3.63) is 28.8 Å². The van der Waals surface area contributed by atoms with Crippen molar-refractivity contribution in [2.24, 2.45) is 5.92 Å². The van der Waals surface area contributed by atoms with Crippen molar-refractivity contribution in [1.29, 1.82) is 0 Å². The number of nitrogens with one attached hydrogen (secondary N) is 1. The van der Waals surface area contributed by atoms with E-state index in [1.54, 1.807) is 18.2 Å². The highest BCUT2D eigenvalue weighted by molar-refractivity contribution is 6.30. The van der Waals surface area contributed by atoms with Gasteiger partial charge in [0.05, 0.1) is 6.61 Å². The molecule has 2 N–H and O–H groups in total. The topological polar surface area (TPSA) is 58.6 Å². The van der Waals surface area contributed by atoms with E-state index in [1.807, 2.05) is 20.8 Å². The Morgan fingerprint density at radius 3 is 2.70 bits per heavy atom. The summed E-state index contributed by atoms with van der Waals surface area (Å²) in [5.74, 6) is 0.214. The van der Waals surface area contributed by atoms with Crippen molar-refractivity contribution in [3.8, 4) is 5.75 Å². The van der Waals surface area contributed by atoms with Crippen LogP contribution in [0.3, 0.4) is 0 Å². The quantitative estimate of drug-likeness (QED) is 0.773. The molecule has 0 aliphatic carbocycles. The Kier molecular flexibility index (Phi) is 6.82. The zero-order valence-corrected chi connectivity index (χ0v) is 12.9. The number of carbonyl (C=O) groups is 1. The number of benzene rings is 1. The third kappa shape index (κ3) is 5.39. The van der Waals surface area contributed by atoms with Crippen LogP contribution in [0.25, 0.3) is 0 Å². The lowest BCUT2D eigenvalue weighted by Gasteiger charge is -2.18. The van der Waals surface area contributed by atoms with Gasteiger partial charge >= 0.3 is 5.97 Å². The maximum absolute atomic E-state index is 11.2. The van der Waals surface area contributed by atoms with E-state index in [0.717, 1.165) is 11.3 Å². The average molecular weight is 300 g/mol. The lowest BCUT2D eigenvalue weighted by Crippen LogP contribution is -2.37. The van der Waals surface area contributed by atoms with Gasteiger partial charge in [0.1, 0.15) is 11.8 Å². The fraction of sp³-hybridized carbons (Fsp3) is 0.533. The molecule has 0 fully saturated rings. The van der Waals surface area contributed by atoms with Crippen LogP contribution in [0.5, 0.6) is 5.75 Å². The number of carboxylic acids is 1. The average Bonchev–Trinajstić information content (AvgIpc) is 2.36. The van der Waals surface area contributed by atoms with Crippen LogP contribution >= 0.6 is 11.6 Å². The number of aliphatic carboxylic acids is 1. The van der Waals surface area contributed by atoms with E-state index in [2.05, 4.69) is 5.32 Å². The number of ether oxygens (including phenoxy) is 1. The van der Waals surface area contributed by atoms with Gasteiger partial charge in [-0.05, 0) is 37.5 Å². The smallest absolute Gasteiger partial charge is 0.320 e. The number of hydrogen-bond acceptors (Lipinski definition) is 3. The van der Waals surface area contributed by atoms with E-state index in [4.69, 9.17) is 16.3 Å². The summed E-state index contributed by atoms with van der Waals surface area (Å²) in [6, 6.07) is 4.80. The molecule has 0 aromatic heterocycles. The predicted molar refractivity (Wildman–Crippen MR) is 80.3 cm³/mol. The molecule has 4 nitrogen and oxygen atoms in total. The summed E-state index contributed by atoms with van der Waals surface area (Å²) in [5.41, 5.74) is 0.870. The van der Waals surface area contributed by atoms with Crippen molar-refractivity contribution >= 4 is 17.6 Å². The van der Waals surface area contributed by atoms with Gasteiger partial charge in [-0.3, -0.25) is 4.79 Å². The minimum atomic E-state index is -0.835. The number of rotatable bonds is 8. The summed E-state index contributed by atoms with van der Waals surface area (Å²) in [5, 5.41) is 12.9. The highest BCUT2D eigenvalue weighted by atomic mass is 35.5. The molecule has 0 saturated carbocycles. The van der Waals surface area contributed by atoms with Gasteiger partial charge in [-0.15, -0.1) is 0 Å². The Bertz CT molecular complexity index is 449. The number of carboxylic acid groups (broad SMARTS) is 1. The van der Waals surface area contributed by atoms with Crippen LogP contribution in [0.4, 0.5) is 0 Å². The lowest BCUT2D eigenvalue weighted by molar-refractivity contribution is -0.140. The minimum absolute atomic E-state index is 0.314. The van der Waals surface area contributed by atoms with Gasteiger partial charge in [-0.1, -0.05) is 25.4 Å². The van der Waals surface area contributed by atoms with Crippen molar-refractivity contribution < 1.29 is 14.6 Å². The Labute approximate surface area is 125 Å². The molecule has 0 aliphatic heterocycles. The molecule has 1 rings (SSSR count). The van der Waals surface area contributed by atoms with Gasteiger partial charge < -0.3 is 15.2 Å². The molecule has 0 heterocycles. The fourth-order valence-corrected chi connectivity index (χ4v) is 2.15. The van der Waals surface area contributed by atoms with Gasteiger partial charge in [0.15, 0.2) is 0 Å². The Hall–Kier alpha value is -1.26. The SMILES string of the molecule is CCOc1ccc(Cl)cc1CN[C@H](CC(C)C)C(=O)O. The molecule has 0 saturated heterocycles. The highest BCUT2D eigenvalue weighted by Crippen LogP contribution is 2.23. The van der Waals surface area contributed by atoms with Crippen LogP contribution < -0.4 is 10.1 Å². The molecular formula is C15H22ClNO3. The third-order valence-electron chi connectivity index (χ3n) is 2.87. The molecule has 112 valence electrons. The Morgan fingerprint density at radius 2 is 2.15 bits per heavy atom. The third-order valence-corrected chi connectivity index (χ3v) is 3.10. The molecular weight excluding hydrogens is 278 g/mol. The molecule has 0 spiro atoms. The van der Waals surface area contributed by atoms with E-state index < -0.39 is 12.0 Å². The first-order valence-electron chi connectivity index (χ1n) is 6.81. The minimum Gasteiger partial charge on any atom is -0.494 e. The molecule has 1 aromatic carbocycles. The molecule has 0 radical (unpaired) electrons. The number of halogens is 1. The molecule has 5 heteroatoms. The molecule has 0 amide bonds. The first kappa shape index (κ1) is 16.8. The fourth-order valence-electron chi connectivity index (χ4n) is 1.96. The second-order valence-corrected chi connectivity index (χ2v) is 5.52. The van der Waals surface area contributed by atoms with Crippen molar-refractivity contribution in [3.63, 3.8) is 0 Å². The van der Waals surface area contributed by atoms with E-state index in [1.165, 1.54) is 0 Å². The summed E-state index contributed by atoms with van der Waals surface area (Å²) >= 11 is 5.98. The molecule has 0 aliphatic rings. The summed E-state index contributed by atoms with van der Waals surface area (Å²) in [7, 11) is 0. The lowest BCUT2D eigenvalue weighted by atomic mass is 10.0. The van der Waals surface area contributed by atoms with Crippen LogP contribution in [0.1, 0.15) is 32.8 Å². The molecule has 1 atom stereocenters. The normalized spacial score (nSPS) is 12.4. The highest BCUT2D eigenvalue weighted by Gasteiger charge is 2.18. The Balaban J connectivity index is 2.76. The standard InChI is InChI=1S/C15H22ClNO3/c1-4-20-14-6-5-12(16)8-11(14)9-17-13(15(18)19)7-10(2)3/h5-6,8,10,13,17H,4,7,9H2,1-3H3,(H,18,19)/t13-/m1/s1.